The predicted molar refractivity (Wildman–Crippen MR) is 147 cm³/mol. The van der Waals surface area contributed by atoms with Crippen LogP contribution in [0.2, 0.25) is 0 Å². The molecule has 0 radical (unpaired) electrons. The van der Waals surface area contributed by atoms with Gasteiger partial charge in [-0.15, -0.1) is 0 Å². The van der Waals surface area contributed by atoms with Crippen LogP contribution in [-0.4, -0.2) is 84.7 Å². The van der Waals surface area contributed by atoms with Crippen LogP contribution in [0.4, 0.5) is 0 Å². The lowest BCUT2D eigenvalue weighted by atomic mass is 9.67. The largest absolute Gasteiger partial charge is 0.507 e. The molecule has 2 aromatic carbocycles. The highest BCUT2D eigenvalue weighted by Gasteiger charge is 2.49. The second-order valence-electron chi connectivity index (χ2n) is 11.9. The minimum atomic E-state index is -0.975. The fourth-order valence-corrected chi connectivity index (χ4v) is 6.87. The van der Waals surface area contributed by atoms with Crippen molar-refractivity contribution in [3.63, 3.8) is 0 Å². The number of rotatable bonds is 4. The molecule has 6 rings (SSSR count). The lowest BCUT2D eigenvalue weighted by Crippen LogP contribution is -2.54. The Morgan fingerprint density at radius 2 is 1.86 bits per heavy atom. The molecule has 4 aliphatic rings. The van der Waals surface area contributed by atoms with Crippen LogP contribution in [0.5, 0.6) is 17.2 Å². The fourth-order valence-electron chi connectivity index (χ4n) is 6.87. The van der Waals surface area contributed by atoms with Crippen LogP contribution in [0.15, 0.2) is 18.2 Å². The summed E-state index contributed by atoms with van der Waals surface area (Å²) in [4.78, 5) is 42.5. The average molecular weight is 582 g/mol. The summed E-state index contributed by atoms with van der Waals surface area (Å²) in [5.41, 5.74) is -1.10. The molecule has 2 N–H and O–H groups in total. The molecule has 2 heterocycles. The summed E-state index contributed by atoms with van der Waals surface area (Å²) in [7, 11) is 3.31. The topological polar surface area (TPSA) is 141 Å². The van der Waals surface area contributed by atoms with Crippen molar-refractivity contribution in [1.29, 1.82) is 0 Å². The monoisotopic (exact) mass is 581 g/mol. The van der Waals surface area contributed by atoms with Crippen LogP contribution in [0.1, 0.15) is 82.7 Å². The van der Waals surface area contributed by atoms with Crippen molar-refractivity contribution in [2.75, 3.05) is 27.7 Å². The molecule has 0 amide bonds. The first-order valence-electron chi connectivity index (χ1n) is 14.1. The number of benzene rings is 2. The summed E-state index contributed by atoms with van der Waals surface area (Å²) in [5, 5.41) is 23.3. The maximum absolute atomic E-state index is 13.8. The number of ether oxygens (including phenoxy) is 5. The highest BCUT2D eigenvalue weighted by molar-refractivity contribution is 6.31. The molecule has 0 saturated carbocycles. The zero-order chi connectivity index (χ0) is 30.1. The molecule has 0 bridgehead atoms. The second-order valence-corrected chi connectivity index (χ2v) is 11.9. The Labute approximate surface area is 243 Å². The van der Waals surface area contributed by atoms with Crippen LogP contribution in [0.25, 0.3) is 0 Å². The molecule has 11 heteroatoms. The summed E-state index contributed by atoms with van der Waals surface area (Å²) in [6, 6.07) is 4.54. The van der Waals surface area contributed by atoms with Crippen LogP contribution in [0, 0.1) is 5.41 Å². The van der Waals surface area contributed by atoms with Gasteiger partial charge in [0.15, 0.2) is 12.1 Å². The third kappa shape index (κ3) is 4.34. The van der Waals surface area contributed by atoms with Gasteiger partial charge in [0.25, 0.3) is 0 Å². The van der Waals surface area contributed by atoms with Crippen molar-refractivity contribution in [2.24, 2.45) is 5.41 Å². The molecule has 42 heavy (non-hydrogen) atoms. The zero-order valence-electron chi connectivity index (χ0n) is 24.3. The third-order valence-electron chi connectivity index (χ3n) is 9.30. The SMILES string of the molecule is COc1cccc2c1C(=O)c1c(O)c3c(c(O)c1C2=O)C[C@@](C)(C(C)=O)C[C@@H]3O[C@H]1C[C@H]2[C@H](OCOCN2C)[C@H](C)O1. The number of likely N-dealkylation sites (N-methyl/N-ethyl adjacent to an activating group) is 1. The summed E-state index contributed by atoms with van der Waals surface area (Å²) >= 11 is 0. The molecule has 224 valence electrons. The van der Waals surface area contributed by atoms with Gasteiger partial charge in [0, 0.05) is 34.6 Å². The van der Waals surface area contributed by atoms with Crippen molar-refractivity contribution < 1.29 is 48.3 Å². The van der Waals surface area contributed by atoms with Gasteiger partial charge >= 0.3 is 0 Å². The number of carbonyl (C=O) groups excluding carboxylic acids is 3. The normalized spacial score (nSPS) is 30.9. The third-order valence-corrected chi connectivity index (χ3v) is 9.30. The molecule has 0 spiro atoms. The van der Waals surface area contributed by atoms with Gasteiger partial charge in [0.2, 0.25) is 5.78 Å². The van der Waals surface area contributed by atoms with Gasteiger partial charge in [-0.3, -0.25) is 19.3 Å². The Morgan fingerprint density at radius 3 is 2.57 bits per heavy atom. The summed E-state index contributed by atoms with van der Waals surface area (Å²) in [6.07, 6.45) is -1.65. The van der Waals surface area contributed by atoms with E-state index in [-0.39, 0.29) is 82.8 Å². The number of hydrogen-bond acceptors (Lipinski definition) is 11. The number of ketones is 3. The van der Waals surface area contributed by atoms with E-state index in [1.807, 2.05) is 18.9 Å². The Balaban J connectivity index is 1.46. The number of phenolic OH excluding ortho intramolecular Hbond substituents is 2. The number of carbonyl (C=O) groups is 3. The van der Waals surface area contributed by atoms with Gasteiger partial charge in [-0.25, -0.2) is 0 Å². The summed E-state index contributed by atoms with van der Waals surface area (Å²) in [5.74, 6) is -2.10. The molecule has 2 aromatic rings. The van der Waals surface area contributed by atoms with Gasteiger partial charge in [0.05, 0.1) is 36.0 Å². The predicted octanol–water partition coefficient (Wildman–Crippen LogP) is 3.25. The first-order valence-corrected chi connectivity index (χ1v) is 14.1. The van der Waals surface area contributed by atoms with Crippen LogP contribution >= 0.6 is 0 Å². The molecule has 2 fully saturated rings. The van der Waals surface area contributed by atoms with Crippen molar-refractivity contribution in [1.82, 2.24) is 4.90 Å². The lowest BCUT2D eigenvalue weighted by molar-refractivity contribution is -0.260. The Kier molecular flexibility index (Phi) is 7.14. The van der Waals surface area contributed by atoms with Gasteiger partial charge in [-0.05, 0) is 39.8 Å². The van der Waals surface area contributed by atoms with E-state index >= 15 is 0 Å². The van der Waals surface area contributed by atoms with E-state index in [1.165, 1.54) is 20.1 Å². The van der Waals surface area contributed by atoms with E-state index in [9.17, 15) is 24.6 Å². The standard InChI is InChI=1S/C31H35NO10/c1-14-30-18(32(4)12-39-13-40-30)9-21(41-14)42-20-11-31(3,15(2)33)10-17-23(20)29(37)25-24(27(17)35)26(34)16-7-6-8-19(38-5)22(16)28(25)36/h6-8,14,18,20-21,30,35,37H,9-13H2,1-5H3/t14-,18-,20-,21-,30+,31+/m0/s1. The van der Waals surface area contributed by atoms with Crippen molar-refractivity contribution in [3.8, 4) is 17.2 Å². The van der Waals surface area contributed by atoms with E-state index in [0.717, 1.165) is 0 Å². The van der Waals surface area contributed by atoms with Gasteiger partial charge < -0.3 is 33.9 Å². The van der Waals surface area contributed by atoms with E-state index in [4.69, 9.17) is 23.7 Å². The minimum absolute atomic E-state index is 0.0168. The fraction of sp³-hybridized carbons (Fsp3) is 0.516. The average Bonchev–Trinajstić information content (AvgIpc) is 3.14. The highest BCUT2D eigenvalue weighted by Crippen LogP contribution is 2.54. The molecule has 2 saturated heterocycles. The summed E-state index contributed by atoms with van der Waals surface area (Å²) < 4.78 is 29.5. The molecule has 0 aromatic heterocycles. The first-order chi connectivity index (χ1) is 20.0. The van der Waals surface area contributed by atoms with Gasteiger partial charge in [0.1, 0.15) is 42.7 Å². The molecule has 11 nitrogen and oxygen atoms in total. The molecule has 6 atom stereocenters. The van der Waals surface area contributed by atoms with Crippen molar-refractivity contribution in [3.05, 3.63) is 51.6 Å². The minimum Gasteiger partial charge on any atom is -0.507 e. The number of methoxy groups -OCH3 is 1. The van der Waals surface area contributed by atoms with Crippen LogP contribution in [-0.2, 0) is 30.2 Å². The van der Waals surface area contributed by atoms with E-state index in [0.29, 0.717) is 13.2 Å². The highest BCUT2D eigenvalue weighted by atomic mass is 16.7. The summed E-state index contributed by atoms with van der Waals surface area (Å²) in [6.45, 7) is 5.64. The smallest absolute Gasteiger partial charge is 0.202 e. The first kappa shape index (κ1) is 28.8. The number of Topliss-reactive ketones (excluding diaryl/α,β-unsaturated/α-hetero) is 1. The van der Waals surface area contributed by atoms with Crippen molar-refractivity contribution >= 4 is 17.3 Å². The lowest BCUT2D eigenvalue weighted by Gasteiger charge is -2.45. The zero-order valence-corrected chi connectivity index (χ0v) is 24.3. The number of phenols is 2. The Morgan fingerprint density at radius 1 is 1.12 bits per heavy atom. The van der Waals surface area contributed by atoms with E-state index in [1.54, 1.807) is 19.1 Å². The number of hydrogen-bond donors (Lipinski definition) is 2. The maximum atomic E-state index is 13.8. The van der Waals surface area contributed by atoms with Gasteiger partial charge in [-0.1, -0.05) is 19.1 Å². The Bertz CT molecular complexity index is 1490. The van der Waals surface area contributed by atoms with Gasteiger partial charge in [-0.2, -0.15) is 0 Å². The Hall–Kier alpha value is -3.35. The quantitative estimate of drug-likeness (QED) is 0.439. The number of aromatic hydroxyl groups is 2. The van der Waals surface area contributed by atoms with Crippen molar-refractivity contribution in [2.45, 2.75) is 70.7 Å². The molecule has 2 aliphatic heterocycles. The number of nitrogens with zero attached hydrogens (tertiary/aromatic N) is 1. The second kappa shape index (κ2) is 10.4. The number of fused-ring (bicyclic) bond motifs is 4. The van der Waals surface area contributed by atoms with Crippen LogP contribution in [0.3, 0.4) is 0 Å². The molecular formula is C31H35NO10. The molecule has 2 aliphatic carbocycles. The molecule has 0 unspecified atom stereocenters. The van der Waals surface area contributed by atoms with E-state index < -0.39 is 40.9 Å². The van der Waals surface area contributed by atoms with E-state index in [2.05, 4.69) is 0 Å². The molecular weight excluding hydrogens is 546 g/mol. The van der Waals surface area contributed by atoms with Crippen LogP contribution < -0.4 is 4.74 Å². The maximum Gasteiger partial charge on any atom is 0.202 e.